The van der Waals surface area contributed by atoms with Crippen LogP contribution in [0.4, 0.5) is 0 Å². The third-order valence-electron chi connectivity index (χ3n) is 8.13. The van der Waals surface area contributed by atoms with Crippen molar-refractivity contribution in [3.8, 4) is 23.0 Å². The molecule has 44 heavy (non-hydrogen) atoms. The highest BCUT2D eigenvalue weighted by molar-refractivity contribution is 6.43. The molecule has 4 nitrogen and oxygen atoms in total. The third kappa shape index (κ3) is 10.8. The summed E-state index contributed by atoms with van der Waals surface area (Å²) in [5.74, 6) is 3.12. The van der Waals surface area contributed by atoms with Gasteiger partial charge in [-0.25, -0.2) is 0 Å². The molecule has 246 valence electrons. The van der Waals surface area contributed by atoms with Crippen LogP contribution in [0, 0.1) is 0 Å². The summed E-state index contributed by atoms with van der Waals surface area (Å²) in [7, 11) is 0. The molecular weight excluding hydrogens is 591 g/mol. The molecule has 3 rings (SSSR count). The van der Waals surface area contributed by atoms with Crippen LogP contribution in [0.3, 0.4) is 0 Å². The van der Waals surface area contributed by atoms with E-state index in [-0.39, 0.29) is 0 Å². The second kappa shape index (κ2) is 20.9. The molecule has 6 heteroatoms. The van der Waals surface area contributed by atoms with Gasteiger partial charge in [0.25, 0.3) is 0 Å². The van der Waals surface area contributed by atoms with Gasteiger partial charge in [-0.3, -0.25) is 0 Å². The van der Waals surface area contributed by atoms with Gasteiger partial charge in [0.2, 0.25) is 0 Å². The van der Waals surface area contributed by atoms with Gasteiger partial charge < -0.3 is 18.9 Å². The first-order valence-electron chi connectivity index (χ1n) is 17.5. The zero-order valence-electron chi connectivity index (χ0n) is 27.8. The van der Waals surface area contributed by atoms with E-state index in [1.165, 1.54) is 51.4 Å². The van der Waals surface area contributed by atoms with E-state index in [0.717, 1.165) is 95.9 Å². The van der Waals surface area contributed by atoms with E-state index in [2.05, 4.69) is 27.7 Å². The monoisotopic (exact) mass is 646 g/mol. The maximum atomic E-state index is 6.69. The van der Waals surface area contributed by atoms with E-state index >= 15 is 0 Å². The van der Waals surface area contributed by atoms with E-state index in [9.17, 15) is 0 Å². The Kier molecular flexibility index (Phi) is 17.3. The van der Waals surface area contributed by atoms with Crippen LogP contribution in [0.15, 0.2) is 24.3 Å². The highest BCUT2D eigenvalue weighted by Crippen LogP contribution is 2.51. The lowest BCUT2D eigenvalue weighted by Gasteiger charge is -2.22. The highest BCUT2D eigenvalue weighted by Gasteiger charge is 2.24. The van der Waals surface area contributed by atoms with Gasteiger partial charge in [0.1, 0.15) is 23.0 Å². The van der Waals surface area contributed by atoms with Gasteiger partial charge in [-0.2, -0.15) is 0 Å². The van der Waals surface area contributed by atoms with Crippen molar-refractivity contribution in [3.63, 3.8) is 0 Å². The fourth-order valence-electron chi connectivity index (χ4n) is 5.58. The number of hydrogen-bond donors (Lipinski definition) is 0. The second-order valence-corrected chi connectivity index (χ2v) is 12.7. The molecule has 0 aliphatic heterocycles. The Morgan fingerprint density at radius 3 is 1.07 bits per heavy atom. The van der Waals surface area contributed by atoms with Gasteiger partial charge in [-0.1, -0.05) is 128 Å². The van der Waals surface area contributed by atoms with Crippen LogP contribution >= 0.6 is 23.2 Å². The summed E-state index contributed by atoms with van der Waals surface area (Å²) < 4.78 is 26.4. The molecule has 0 amide bonds. The number of benzene rings is 3. The molecule has 0 saturated heterocycles. The van der Waals surface area contributed by atoms with E-state index < -0.39 is 0 Å². The lowest BCUT2D eigenvalue weighted by atomic mass is 9.98. The van der Waals surface area contributed by atoms with Crippen molar-refractivity contribution < 1.29 is 18.9 Å². The molecule has 0 atom stereocenters. The number of fused-ring (bicyclic) bond motifs is 2. The zero-order chi connectivity index (χ0) is 31.6. The minimum absolute atomic E-state index is 0.494. The number of rotatable bonds is 24. The van der Waals surface area contributed by atoms with Crippen LogP contribution in [-0.2, 0) is 0 Å². The number of halogens is 2. The first kappa shape index (κ1) is 36.4. The van der Waals surface area contributed by atoms with E-state index in [4.69, 9.17) is 42.1 Å². The van der Waals surface area contributed by atoms with Crippen molar-refractivity contribution in [1.82, 2.24) is 0 Å². The highest BCUT2D eigenvalue weighted by atomic mass is 35.5. The quantitative estimate of drug-likeness (QED) is 0.0716. The molecule has 0 radical (unpaired) electrons. The number of ether oxygens (including phenoxy) is 4. The van der Waals surface area contributed by atoms with Gasteiger partial charge in [-0.15, -0.1) is 0 Å². The standard InChI is InChI=1S/C38H56Cl2O4/c1-5-9-13-17-23-41-33-21-22-34(42-24-18-14-10-6-2)36-35(33)37(43-25-19-15-11-7-3)29-27-31(39)32(40)28-30(29)38(36)44-26-20-16-12-8-4/h21-22,27-28H,5-20,23-26H2,1-4H3. The maximum Gasteiger partial charge on any atom is 0.139 e. The Hall–Kier alpha value is -2.04. The largest absolute Gasteiger partial charge is 0.493 e. The van der Waals surface area contributed by atoms with E-state index in [1.807, 2.05) is 24.3 Å². The average molecular weight is 648 g/mol. The smallest absolute Gasteiger partial charge is 0.139 e. The molecule has 0 heterocycles. The molecule has 0 bridgehead atoms. The predicted molar refractivity (Wildman–Crippen MR) is 190 cm³/mol. The van der Waals surface area contributed by atoms with Crippen LogP contribution in [-0.4, -0.2) is 26.4 Å². The Labute approximate surface area is 277 Å². The minimum atomic E-state index is 0.494. The minimum Gasteiger partial charge on any atom is -0.493 e. The first-order chi connectivity index (χ1) is 21.6. The van der Waals surface area contributed by atoms with Gasteiger partial charge in [0, 0.05) is 10.8 Å². The molecule has 0 aliphatic carbocycles. The summed E-state index contributed by atoms with van der Waals surface area (Å²) in [6.45, 7) is 11.4. The summed E-state index contributed by atoms with van der Waals surface area (Å²) >= 11 is 13.3. The van der Waals surface area contributed by atoms with E-state index in [0.29, 0.717) is 36.5 Å². The summed E-state index contributed by atoms with van der Waals surface area (Å²) in [6, 6.07) is 7.93. The van der Waals surface area contributed by atoms with Gasteiger partial charge in [0.05, 0.1) is 47.2 Å². The molecule has 0 fully saturated rings. The molecule has 0 N–H and O–H groups in total. The molecule has 0 aliphatic rings. The number of hydrogen-bond acceptors (Lipinski definition) is 4. The first-order valence-corrected chi connectivity index (χ1v) is 18.2. The summed E-state index contributed by atoms with van der Waals surface area (Å²) in [6.07, 6.45) is 18.1. The average Bonchev–Trinajstić information content (AvgIpc) is 3.02. The molecule has 3 aromatic carbocycles. The lowest BCUT2D eigenvalue weighted by molar-refractivity contribution is 0.291. The van der Waals surface area contributed by atoms with Crippen molar-refractivity contribution >= 4 is 44.7 Å². The maximum absolute atomic E-state index is 6.69. The third-order valence-corrected chi connectivity index (χ3v) is 8.85. The van der Waals surface area contributed by atoms with Crippen LogP contribution in [0.5, 0.6) is 23.0 Å². The molecular formula is C38H56Cl2O4. The van der Waals surface area contributed by atoms with Crippen LogP contribution < -0.4 is 18.9 Å². The van der Waals surface area contributed by atoms with Gasteiger partial charge in [0.15, 0.2) is 0 Å². The Bertz CT molecular complexity index is 1160. The molecule has 0 saturated carbocycles. The molecule has 0 aromatic heterocycles. The summed E-state index contributed by atoms with van der Waals surface area (Å²) in [5.41, 5.74) is 0. The Morgan fingerprint density at radius 1 is 0.432 bits per heavy atom. The van der Waals surface area contributed by atoms with Crippen molar-refractivity contribution in [1.29, 1.82) is 0 Å². The van der Waals surface area contributed by atoms with E-state index in [1.54, 1.807) is 0 Å². The van der Waals surface area contributed by atoms with Crippen LogP contribution in [0.1, 0.15) is 130 Å². The molecule has 0 unspecified atom stereocenters. The Morgan fingerprint density at radius 2 is 0.750 bits per heavy atom. The molecule has 3 aromatic rings. The number of unbranched alkanes of at least 4 members (excludes halogenated alkanes) is 12. The fraction of sp³-hybridized carbons (Fsp3) is 0.632. The molecule has 0 spiro atoms. The van der Waals surface area contributed by atoms with Crippen molar-refractivity contribution in [2.45, 2.75) is 130 Å². The summed E-state index contributed by atoms with van der Waals surface area (Å²) in [4.78, 5) is 0. The lowest BCUT2D eigenvalue weighted by Crippen LogP contribution is -2.06. The van der Waals surface area contributed by atoms with Crippen molar-refractivity contribution in [2.75, 3.05) is 26.4 Å². The van der Waals surface area contributed by atoms with Gasteiger partial charge in [-0.05, 0) is 49.9 Å². The summed E-state index contributed by atoms with van der Waals surface area (Å²) in [5, 5.41) is 4.57. The second-order valence-electron chi connectivity index (χ2n) is 11.9. The van der Waals surface area contributed by atoms with Crippen LogP contribution in [0.25, 0.3) is 21.5 Å². The van der Waals surface area contributed by atoms with Gasteiger partial charge >= 0.3 is 0 Å². The normalized spacial score (nSPS) is 11.4. The fourth-order valence-corrected chi connectivity index (χ4v) is 5.90. The van der Waals surface area contributed by atoms with Crippen molar-refractivity contribution in [2.24, 2.45) is 0 Å². The zero-order valence-corrected chi connectivity index (χ0v) is 29.4. The SMILES string of the molecule is CCCCCCOc1ccc(OCCCCCC)c2c(OCCCCCC)c3cc(Cl)c(Cl)cc3c(OCCCCCC)c12. The predicted octanol–water partition coefficient (Wildman–Crippen LogP) is 13.1. The van der Waals surface area contributed by atoms with Crippen molar-refractivity contribution in [3.05, 3.63) is 34.3 Å². The topological polar surface area (TPSA) is 36.9 Å². The Balaban J connectivity index is 2.20. The van der Waals surface area contributed by atoms with Crippen LogP contribution in [0.2, 0.25) is 10.0 Å².